The monoisotopic (exact) mass is 467 g/mol. The lowest BCUT2D eigenvalue weighted by Crippen LogP contribution is -2.47. The molecule has 162 valence electrons. The standard InChI is InChI=1S/C17H14ClF4N3O4S/c1-30(28,29)25(14-5-3-2-4-12(14)18)9-11-7-6-10(8-13(11)19)15(26)23-24-16(27)17(20,21)22/h2-8H,9H2,1H3,(H,23,26)(H,24,27). The molecule has 0 bridgehead atoms. The van der Waals surface area contributed by atoms with Gasteiger partial charge in [-0.3, -0.25) is 24.7 Å². The van der Waals surface area contributed by atoms with Crippen LogP contribution in [0.4, 0.5) is 23.2 Å². The summed E-state index contributed by atoms with van der Waals surface area (Å²) in [6, 6.07) is 8.83. The highest BCUT2D eigenvalue weighted by molar-refractivity contribution is 7.92. The number of nitrogens with zero attached hydrogens (tertiary/aromatic N) is 1. The number of hydrogen-bond donors (Lipinski definition) is 2. The third-order valence-corrected chi connectivity index (χ3v) is 5.14. The molecule has 0 saturated heterocycles. The van der Waals surface area contributed by atoms with Gasteiger partial charge in [0.15, 0.2) is 0 Å². The van der Waals surface area contributed by atoms with Crippen molar-refractivity contribution >= 4 is 39.1 Å². The van der Waals surface area contributed by atoms with Crippen molar-refractivity contribution in [3.05, 3.63) is 64.4 Å². The molecule has 0 saturated carbocycles. The van der Waals surface area contributed by atoms with Crippen LogP contribution in [0, 0.1) is 5.82 Å². The summed E-state index contributed by atoms with van der Waals surface area (Å²) < 4.78 is 76.0. The van der Waals surface area contributed by atoms with E-state index in [1.807, 2.05) is 0 Å². The van der Waals surface area contributed by atoms with E-state index >= 15 is 0 Å². The molecule has 13 heteroatoms. The Balaban J connectivity index is 2.23. The number of anilines is 1. The van der Waals surface area contributed by atoms with Crippen molar-refractivity contribution in [3.8, 4) is 0 Å². The Morgan fingerprint density at radius 3 is 2.27 bits per heavy atom. The molecule has 0 aromatic heterocycles. The molecule has 7 nitrogen and oxygen atoms in total. The van der Waals surface area contributed by atoms with Gasteiger partial charge in [-0.1, -0.05) is 29.8 Å². The molecule has 0 radical (unpaired) electrons. The van der Waals surface area contributed by atoms with E-state index in [1.165, 1.54) is 17.6 Å². The van der Waals surface area contributed by atoms with Gasteiger partial charge in [-0.2, -0.15) is 13.2 Å². The Labute approximate surface area is 173 Å². The molecule has 0 spiro atoms. The van der Waals surface area contributed by atoms with E-state index < -0.39 is 45.9 Å². The van der Waals surface area contributed by atoms with Gasteiger partial charge in [-0.05, 0) is 24.3 Å². The minimum Gasteiger partial charge on any atom is -0.267 e. The van der Waals surface area contributed by atoms with Gasteiger partial charge in [0.1, 0.15) is 5.82 Å². The summed E-state index contributed by atoms with van der Waals surface area (Å²) >= 11 is 6.02. The van der Waals surface area contributed by atoms with Gasteiger partial charge in [0, 0.05) is 11.1 Å². The van der Waals surface area contributed by atoms with Crippen molar-refractivity contribution in [3.63, 3.8) is 0 Å². The van der Waals surface area contributed by atoms with Gasteiger partial charge in [0.2, 0.25) is 10.0 Å². The number of carbonyl (C=O) groups excluding carboxylic acids is 2. The largest absolute Gasteiger partial charge is 0.472 e. The van der Waals surface area contributed by atoms with Crippen molar-refractivity contribution in [1.29, 1.82) is 0 Å². The minimum atomic E-state index is -5.21. The van der Waals surface area contributed by atoms with Crippen LogP contribution in [-0.4, -0.2) is 32.7 Å². The van der Waals surface area contributed by atoms with Crippen LogP contribution in [-0.2, 0) is 21.4 Å². The van der Waals surface area contributed by atoms with E-state index in [1.54, 1.807) is 12.1 Å². The summed E-state index contributed by atoms with van der Waals surface area (Å²) in [6.45, 7) is -0.457. The van der Waals surface area contributed by atoms with Crippen molar-refractivity contribution in [2.24, 2.45) is 0 Å². The highest BCUT2D eigenvalue weighted by Gasteiger charge is 2.39. The van der Waals surface area contributed by atoms with Crippen LogP contribution < -0.4 is 15.2 Å². The molecule has 0 aliphatic heterocycles. The second kappa shape index (κ2) is 8.88. The van der Waals surface area contributed by atoms with E-state index in [0.29, 0.717) is 6.07 Å². The van der Waals surface area contributed by atoms with Crippen molar-refractivity contribution < 1.29 is 35.6 Å². The summed E-state index contributed by atoms with van der Waals surface area (Å²) in [4.78, 5) is 22.5. The number of benzene rings is 2. The number of para-hydroxylation sites is 1. The van der Waals surface area contributed by atoms with Crippen LogP contribution in [0.3, 0.4) is 0 Å². The van der Waals surface area contributed by atoms with E-state index in [2.05, 4.69) is 0 Å². The first-order valence-corrected chi connectivity index (χ1v) is 10.2. The molecule has 0 fully saturated rings. The molecule has 2 amide bonds. The Morgan fingerprint density at radius 1 is 1.10 bits per heavy atom. The van der Waals surface area contributed by atoms with Gasteiger partial charge >= 0.3 is 12.1 Å². The zero-order valence-electron chi connectivity index (χ0n) is 15.1. The lowest BCUT2D eigenvalue weighted by atomic mass is 10.1. The summed E-state index contributed by atoms with van der Waals surface area (Å²) in [5.41, 5.74) is 2.23. The predicted octanol–water partition coefficient (Wildman–Crippen LogP) is 2.77. The summed E-state index contributed by atoms with van der Waals surface area (Å²) in [7, 11) is -3.87. The number of halogens is 5. The minimum absolute atomic E-state index is 0.109. The topological polar surface area (TPSA) is 95.6 Å². The summed E-state index contributed by atoms with van der Waals surface area (Å²) in [6.07, 6.45) is -4.31. The molecular formula is C17H14ClF4N3O4S. The number of amides is 2. The predicted molar refractivity (Wildman–Crippen MR) is 101 cm³/mol. The fraction of sp³-hybridized carbons (Fsp3) is 0.176. The number of rotatable bonds is 5. The zero-order valence-corrected chi connectivity index (χ0v) is 16.7. The maximum absolute atomic E-state index is 14.5. The molecule has 0 aliphatic carbocycles. The first kappa shape index (κ1) is 23.4. The van der Waals surface area contributed by atoms with Crippen LogP contribution in [0.25, 0.3) is 0 Å². The van der Waals surface area contributed by atoms with E-state index in [4.69, 9.17) is 11.6 Å². The average molecular weight is 468 g/mol. The Hall–Kier alpha value is -2.86. The molecule has 30 heavy (non-hydrogen) atoms. The van der Waals surface area contributed by atoms with Gasteiger partial charge in [-0.25, -0.2) is 12.8 Å². The number of hydrogen-bond acceptors (Lipinski definition) is 4. The normalized spacial score (nSPS) is 11.7. The number of sulfonamides is 1. The van der Waals surface area contributed by atoms with Gasteiger partial charge in [-0.15, -0.1) is 0 Å². The fourth-order valence-electron chi connectivity index (χ4n) is 2.26. The van der Waals surface area contributed by atoms with Crippen LogP contribution in [0.2, 0.25) is 5.02 Å². The second-order valence-electron chi connectivity index (χ2n) is 5.93. The van der Waals surface area contributed by atoms with Crippen LogP contribution in [0.5, 0.6) is 0 Å². The highest BCUT2D eigenvalue weighted by atomic mass is 35.5. The molecule has 0 aliphatic rings. The molecule has 2 rings (SSSR count). The first-order valence-electron chi connectivity index (χ1n) is 7.99. The van der Waals surface area contributed by atoms with E-state index in [0.717, 1.165) is 28.1 Å². The molecule has 0 heterocycles. The van der Waals surface area contributed by atoms with E-state index in [-0.39, 0.29) is 16.3 Å². The number of nitrogens with one attached hydrogen (secondary N) is 2. The van der Waals surface area contributed by atoms with Crippen molar-refractivity contribution in [2.75, 3.05) is 10.6 Å². The molecule has 2 aromatic carbocycles. The SMILES string of the molecule is CS(=O)(=O)N(Cc1ccc(C(=O)NNC(=O)C(F)(F)F)cc1F)c1ccccc1Cl. The lowest BCUT2D eigenvalue weighted by Gasteiger charge is -2.23. The molecule has 0 unspecified atom stereocenters. The number of carbonyl (C=O) groups is 2. The Bertz CT molecular complexity index is 1080. The quantitative estimate of drug-likeness (QED) is 0.522. The summed E-state index contributed by atoms with van der Waals surface area (Å²) in [5, 5.41) is 0.111. The Morgan fingerprint density at radius 2 is 1.73 bits per heavy atom. The smallest absolute Gasteiger partial charge is 0.267 e. The number of alkyl halides is 3. The second-order valence-corrected chi connectivity index (χ2v) is 8.25. The zero-order chi connectivity index (χ0) is 22.7. The van der Waals surface area contributed by atoms with E-state index in [9.17, 15) is 35.6 Å². The average Bonchev–Trinajstić information content (AvgIpc) is 2.63. The highest BCUT2D eigenvalue weighted by Crippen LogP contribution is 2.29. The fourth-order valence-corrected chi connectivity index (χ4v) is 3.44. The van der Waals surface area contributed by atoms with Crippen LogP contribution in [0.1, 0.15) is 15.9 Å². The number of hydrazine groups is 1. The van der Waals surface area contributed by atoms with Gasteiger partial charge in [0.05, 0.1) is 23.5 Å². The van der Waals surface area contributed by atoms with Crippen molar-refractivity contribution in [2.45, 2.75) is 12.7 Å². The third kappa shape index (κ3) is 5.83. The third-order valence-electron chi connectivity index (χ3n) is 3.70. The van der Waals surface area contributed by atoms with Gasteiger partial charge in [0.25, 0.3) is 5.91 Å². The maximum Gasteiger partial charge on any atom is 0.472 e. The first-order chi connectivity index (χ1) is 13.8. The summed E-state index contributed by atoms with van der Waals surface area (Å²) in [5.74, 6) is -4.61. The Kier molecular flexibility index (Phi) is 6.93. The van der Waals surface area contributed by atoms with Crippen LogP contribution >= 0.6 is 11.6 Å². The molecule has 2 aromatic rings. The molecular weight excluding hydrogens is 454 g/mol. The van der Waals surface area contributed by atoms with Crippen molar-refractivity contribution in [1.82, 2.24) is 10.9 Å². The lowest BCUT2D eigenvalue weighted by molar-refractivity contribution is -0.174. The van der Waals surface area contributed by atoms with Crippen LogP contribution in [0.15, 0.2) is 42.5 Å². The molecule has 0 atom stereocenters. The van der Waals surface area contributed by atoms with Gasteiger partial charge < -0.3 is 0 Å². The molecule has 2 N–H and O–H groups in total. The maximum atomic E-state index is 14.5.